The summed E-state index contributed by atoms with van der Waals surface area (Å²) in [6.45, 7) is 4.02. The Morgan fingerprint density at radius 2 is 2.04 bits per heavy atom. The molecule has 7 nitrogen and oxygen atoms in total. The molecule has 0 saturated carbocycles. The summed E-state index contributed by atoms with van der Waals surface area (Å²) in [5.41, 5.74) is 4.74. The molecule has 0 aliphatic carbocycles. The third-order valence-corrected chi connectivity index (χ3v) is 4.00. The molecular weight excluding hydrogens is 294 g/mol. The molecule has 0 spiro atoms. The lowest BCUT2D eigenvalue weighted by atomic mass is 10.1. The number of aryl methyl sites for hydroxylation is 1. The molecule has 0 fully saturated rings. The SMILES string of the molecule is CCOC(=O)c1ncn2c1Cc1c(C)nnn1-c1ccccc1-2. The van der Waals surface area contributed by atoms with Gasteiger partial charge in [0.2, 0.25) is 0 Å². The van der Waals surface area contributed by atoms with Gasteiger partial charge in [-0.15, -0.1) is 5.10 Å². The van der Waals surface area contributed by atoms with Gasteiger partial charge in [0, 0.05) is 6.42 Å². The average Bonchev–Trinajstić information content (AvgIpc) is 3.09. The van der Waals surface area contributed by atoms with E-state index in [1.165, 1.54) is 0 Å². The number of esters is 1. The van der Waals surface area contributed by atoms with Crippen molar-refractivity contribution in [3.05, 3.63) is 53.4 Å². The summed E-state index contributed by atoms with van der Waals surface area (Å²) in [5.74, 6) is -0.405. The molecule has 116 valence electrons. The third-order valence-electron chi connectivity index (χ3n) is 4.00. The van der Waals surface area contributed by atoms with E-state index >= 15 is 0 Å². The van der Waals surface area contributed by atoms with Gasteiger partial charge in [-0.3, -0.25) is 4.57 Å². The van der Waals surface area contributed by atoms with Crippen LogP contribution in [0.4, 0.5) is 0 Å². The van der Waals surface area contributed by atoms with Crippen LogP contribution in [0.15, 0.2) is 30.6 Å². The highest BCUT2D eigenvalue weighted by atomic mass is 16.5. The van der Waals surface area contributed by atoms with Gasteiger partial charge >= 0.3 is 5.97 Å². The van der Waals surface area contributed by atoms with Crippen molar-refractivity contribution in [3.8, 4) is 11.4 Å². The van der Waals surface area contributed by atoms with Crippen LogP contribution in [0.25, 0.3) is 11.4 Å². The summed E-state index contributed by atoms with van der Waals surface area (Å²) in [5, 5.41) is 8.42. The number of hydrogen-bond acceptors (Lipinski definition) is 5. The topological polar surface area (TPSA) is 74.8 Å². The van der Waals surface area contributed by atoms with Crippen LogP contribution in [0.1, 0.15) is 34.5 Å². The smallest absolute Gasteiger partial charge is 0.358 e. The predicted octanol–water partition coefficient (Wildman–Crippen LogP) is 1.84. The van der Waals surface area contributed by atoms with Crippen molar-refractivity contribution in [2.75, 3.05) is 6.61 Å². The minimum Gasteiger partial charge on any atom is -0.461 e. The summed E-state index contributed by atoms with van der Waals surface area (Å²) < 4.78 is 8.88. The minimum atomic E-state index is -0.405. The Morgan fingerprint density at radius 3 is 2.83 bits per heavy atom. The molecule has 23 heavy (non-hydrogen) atoms. The second kappa shape index (κ2) is 5.05. The summed E-state index contributed by atoms with van der Waals surface area (Å²) in [6.07, 6.45) is 2.18. The number of imidazole rings is 1. The van der Waals surface area contributed by atoms with Crippen LogP contribution in [0, 0.1) is 6.92 Å². The number of hydrogen-bond donors (Lipinski definition) is 0. The Labute approximate surface area is 132 Å². The van der Waals surface area contributed by atoms with Gasteiger partial charge < -0.3 is 4.74 Å². The first-order valence-electron chi connectivity index (χ1n) is 7.45. The van der Waals surface area contributed by atoms with Crippen LogP contribution in [0.2, 0.25) is 0 Å². The number of carbonyl (C=O) groups excluding carboxylic acids is 1. The van der Waals surface area contributed by atoms with Crippen molar-refractivity contribution in [2.45, 2.75) is 20.3 Å². The predicted molar refractivity (Wildman–Crippen MR) is 82.0 cm³/mol. The highest BCUT2D eigenvalue weighted by molar-refractivity contribution is 5.89. The van der Waals surface area contributed by atoms with E-state index in [1.54, 1.807) is 13.3 Å². The number of ether oxygens (including phenoxy) is 1. The summed E-state index contributed by atoms with van der Waals surface area (Å²) >= 11 is 0. The van der Waals surface area contributed by atoms with E-state index in [0.29, 0.717) is 18.7 Å². The van der Waals surface area contributed by atoms with Crippen LogP contribution in [-0.2, 0) is 11.2 Å². The zero-order valence-corrected chi connectivity index (χ0v) is 12.9. The minimum absolute atomic E-state index is 0.320. The monoisotopic (exact) mass is 309 g/mol. The van der Waals surface area contributed by atoms with Gasteiger partial charge in [-0.05, 0) is 26.0 Å². The van der Waals surface area contributed by atoms with E-state index < -0.39 is 5.97 Å². The zero-order valence-electron chi connectivity index (χ0n) is 12.9. The Bertz CT molecular complexity index is 909. The normalized spacial score (nSPS) is 12.1. The molecule has 3 aromatic rings. The third kappa shape index (κ3) is 1.97. The van der Waals surface area contributed by atoms with Crippen LogP contribution in [0.5, 0.6) is 0 Å². The van der Waals surface area contributed by atoms with E-state index in [0.717, 1.165) is 28.5 Å². The maximum atomic E-state index is 12.2. The number of carbonyl (C=O) groups is 1. The number of para-hydroxylation sites is 2. The van der Waals surface area contributed by atoms with Crippen molar-refractivity contribution in [2.24, 2.45) is 0 Å². The Morgan fingerprint density at radius 1 is 1.26 bits per heavy atom. The standard InChI is InChI=1S/C16H15N5O2/c1-3-23-16(22)15-14-8-13-10(2)18-19-21(13)12-7-5-4-6-11(12)20(14)9-17-15/h4-7,9H,3,8H2,1-2H3. The van der Waals surface area contributed by atoms with Crippen LogP contribution in [0.3, 0.4) is 0 Å². The molecule has 0 saturated heterocycles. The van der Waals surface area contributed by atoms with Crippen molar-refractivity contribution >= 4 is 5.97 Å². The zero-order chi connectivity index (χ0) is 16.0. The van der Waals surface area contributed by atoms with Crippen molar-refractivity contribution in [3.63, 3.8) is 0 Å². The fourth-order valence-corrected chi connectivity index (χ4v) is 2.90. The molecule has 4 rings (SSSR count). The number of rotatable bonds is 2. The highest BCUT2D eigenvalue weighted by Gasteiger charge is 2.27. The average molecular weight is 309 g/mol. The molecule has 7 heteroatoms. The maximum absolute atomic E-state index is 12.2. The Kier molecular flexibility index (Phi) is 3.00. The first kappa shape index (κ1) is 13.7. The number of aromatic nitrogens is 5. The van der Waals surface area contributed by atoms with Crippen molar-refractivity contribution < 1.29 is 9.53 Å². The maximum Gasteiger partial charge on any atom is 0.358 e. The highest BCUT2D eigenvalue weighted by Crippen LogP contribution is 2.29. The van der Waals surface area contributed by atoms with Crippen molar-refractivity contribution in [1.29, 1.82) is 0 Å². The second-order valence-electron chi connectivity index (χ2n) is 5.33. The van der Waals surface area contributed by atoms with Gasteiger partial charge in [0.05, 0.1) is 35.1 Å². The fourth-order valence-electron chi connectivity index (χ4n) is 2.90. The molecule has 0 radical (unpaired) electrons. The molecule has 0 atom stereocenters. The van der Waals surface area contributed by atoms with Gasteiger partial charge in [0.15, 0.2) is 5.69 Å². The summed E-state index contributed by atoms with van der Waals surface area (Å²) in [6, 6.07) is 7.85. The van der Waals surface area contributed by atoms with Crippen molar-refractivity contribution in [1.82, 2.24) is 24.5 Å². The van der Waals surface area contributed by atoms with E-state index in [4.69, 9.17) is 4.74 Å². The molecule has 2 aromatic heterocycles. The number of nitrogens with zero attached hydrogens (tertiary/aromatic N) is 5. The fraction of sp³-hybridized carbons (Fsp3) is 0.250. The Balaban J connectivity index is 1.99. The van der Waals surface area contributed by atoms with Crippen LogP contribution in [-0.4, -0.2) is 37.1 Å². The van der Waals surface area contributed by atoms with Gasteiger partial charge in [-0.25, -0.2) is 14.5 Å². The lowest BCUT2D eigenvalue weighted by Crippen LogP contribution is -2.10. The van der Waals surface area contributed by atoms with Gasteiger partial charge in [-0.1, -0.05) is 17.3 Å². The van der Waals surface area contributed by atoms with E-state index in [-0.39, 0.29) is 0 Å². The molecule has 3 heterocycles. The molecular formula is C16H15N5O2. The van der Waals surface area contributed by atoms with E-state index in [2.05, 4.69) is 15.3 Å². The summed E-state index contributed by atoms with van der Waals surface area (Å²) in [4.78, 5) is 16.5. The molecule has 1 aliphatic heterocycles. The van der Waals surface area contributed by atoms with Gasteiger partial charge in [-0.2, -0.15) is 0 Å². The summed E-state index contributed by atoms with van der Waals surface area (Å²) in [7, 11) is 0. The van der Waals surface area contributed by atoms with Gasteiger partial charge in [0.25, 0.3) is 0 Å². The lowest BCUT2D eigenvalue weighted by Gasteiger charge is -2.09. The first-order chi connectivity index (χ1) is 11.2. The quantitative estimate of drug-likeness (QED) is 0.528. The molecule has 0 amide bonds. The molecule has 0 unspecified atom stereocenters. The molecule has 1 aliphatic rings. The van der Waals surface area contributed by atoms with E-state index in [9.17, 15) is 4.79 Å². The number of fused-ring (bicyclic) bond motifs is 5. The molecule has 0 N–H and O–H groups in total. The largest absolute Gasteiger partial charge is 0.461 e. The molecule has 1 aromatic carbocycles. The van der Waals surface area contributed by atoms with E-state index in [1.807, 2.05) is 40.4 Å². The lowest BCUT2D eigenvalue weighted by molar-refractivity contribution is 0.0519. The Hall–Kier alpha value is -2.96. The second-order valence-corrected chi connectivity index (χ2v) is 5.33. The molecule has 0 bridgehead atoms. The number of benzene rings is 1. The van der Waals surface area contributed by atoms with Gasteiger partial charge in [0.1, 0.15) is 6.33 Å². The first-order valence-corrected chi connectivity index (χ1v) is 7.45. The van der Waals surface area contributed by atoms with Crippen LogP contribution >= 0.6 is 0 Å². The van der Waals surface area contributed by atoms with Crippen LogP contribution < -0.4 is 0 Å².